The van der Waals surface area contributed by atoms with Gasteiger partial charge in [0.25, 0.3) is 0 Å². The van der Waals surface area contributed by atoms with Crippen molar-refractivity contribution in [1.82, 2.24) is 0 Å². The van der Waals surface area contributed by atoms with Crippen LogP contribution in [0.2, 0.25) is 18.1 Å². The first-order valence-corrected chi connectivity index (χ1v) is 12.7. The van der Waals surface area contributed by atoms with Crippen LogP contribution in [0.5, 0.6) is 0 Å². The van der Waals surface area contributed by atoms with E-state index in [0.29, 0.717) is 0 Å². The largest absolute Gasteiger partial charge is 0.0889 e. The van der Waals surface area contributed by atoms with Crippen LogP contribution in [0.25, 0.3) is 0 Å². The molecule has 0 nitrogen and oxygen atoms in total. The van der Waals surface area contributed by atoms with E-state index in [0.717, 1.165) is 0 Å². The van der Waals surface area contributed by atoms with Crippen molar-refractivity contribution in [3.8, 4) is 0 Å². The molecule has 1 rings (SSSR count). The van der Waals surface area contributed by atoms with Crippen molar-refractivity contribution in [1.29, 1.82) is 0 Å². The van der Waals surface area contributed by atoms with Gasteiger partial charge in [-0.2, -0.15) is 0 Å². The Hall–Kier alpha value is 1.63. The lowest BCUT2D eigenvalue weighted by Gasteiger charge is -2.31. The van der Waals surface area contributed by atoms with Crippen molar-refractivity contribution < 1.29 is 0 Å². The number of alkyl halides is 3. The normalized spacial score (nSPS) is 11.7. The van der Waals surface area contributed by atoms with E-state index in [1.807, 2.05) is 0 Å². The maximum atomic E-state index is 2.55. The molecule has 0 aliphatic rings. The average Bonchev–Trinajstić information content (AvgIpc) is 2.31. The summed E-state index contributed by atoms with van der Waals surface area (Å²) in [4.78, 5) is 0. The SMILES string of the molecule is ICC[Si](CCI)(CCI)c1ccccc1. The topological polar surface area (TPSA) is 0 Å². The quantitative estimate of drug-likeness (QED) is 0.255. The smallest absolute Gasteiger partial charge is 0.0867 e. The second-order valence-electron chi connectivity index (χ2n) is 3.96. The highest BCUT2D eigenvalue weighted by atomic mass is 127. The zero-order chi connectivity index (χ0) is 11.9. The van der Waals surface area contributed by atoms with Crippen molar-refractivity contribution in [2.75, 3.05) is 13.3 Å². The summed E-state index contributed by atoms with van der Waals surface area (Å²) >= 11 is 7.65. The molecule has 1 aromatic carbocycles. The summed E-state index contributed by atoms with van der Waals surface area (Å²) in [6.45, 7) is 0. The van der Waals surface area contributed by atoms with E-state index in [4.69, 9.17) is 0 Å². The average molecular weight is 570 g/mol. The van der Waals surface area contributed by atoms with Gasteiger partial charge >= 0.3 is 0 Å². The summed E-state index contributed by atoms with van der Waals surface area (Å²) < 4.78 is 3.93. The lowest BCUT2D eigenvalue weighted by molar-refractivity contribution is 1.25. The minimum atomic E-state index is -1.19. The fourth-order valence-electron chi connectivity index (χ4n) is 2.14. The van der Waals surface area contributed by atoms with Crippen molar-refractivity contribution in [2.24, 2.45) is 0 Å². The Morgan fingerprint density at radius 3 is 1.56 bits per heavy atom. The van der Waals surface area contributed by atoms with E-state index in [2.05, 4.69) is 98.1 Å². The van der Waals surface area contributed by atoms with E-state index in [9.17, 15) is 0 Å². The molecule has 0 spiro atoms. The van der Waals surface area contributed by atoms with Gasteiger partial charge in [0.2, 0.25) is 0 Å². The first-order chi connectivity index (χ1) is 7.79. The van der Waals surface area contributed by atoms with Crippen LogP contribution in [0.15, 0.2) is 30.3 Å². The summed E-state index contributed by atoms with van der Waals surface area (Å²) in [7, 11) is -1.19. The van der Waals surface area contributed by atoms with Crippen LogP contribution in [0.1, 0.15) is 0 Å². The predicted molar refractivity (Wildman–Crippen MR) is 103 cm³/mol. The molecule has 16 heavy (non-hydrogen) atoms. The Bertz CT molecular complexity index is 273. The third kappa shape index (κ3) is 4.38. The maximum absolute atomic E-state index is 2.55. The molecule has 0 radical (unpaired) electrons. The molecule has 0 fully saturated rings. The summed E-state index contributed by atoms with van der Waals surface area (Å²) in [6.07, 6.45) is 0. The van der Waals surface area contributed by atoms with E-state index in [1.165, 1.54) is 31.4 Å². The minimum absolute atomic E-state index is 1.19. The minimum Gasteiger partial charge on any atom is -0.0867 e. The van der Waals surface area contributed by atoms with Crippen LogP contribution >= 0.6 is 67.8 Å². The molecule has 90 valence electrons. The summed E-state index contributed by atoms with van der Waals surface area (Å²) in [5, 5.41) is 1.68. The molecule has 0 aliphatic heterocycles. The molecular formula is C12H17I3Si. The lowest BCUT2D eigenvalue weighted by Crippen LogP contribution is -2.48. The van der Waals surface area contributed by atoms with Crippen molar-refractivity contribution in [3.05, 3.63) is 30.3 Å². The Morgan fingerprint density at radius 1 is 0.750 bits per heavy atom. The van der Waals surface area contributed by atoms with E-state index in [-0.39, 0.29) is 0 Å². The van der Waals surface area contributed by atoms with E-state index >= 15 is 0 Å². The van der Waals surface area contributed by atoms with Crippen molar-refractivity contribution >= 4 is 81.0 Å². The third-order valence-corrected chi connectivity index (χ3v) is 13.0. The van der Waals surface area contributed by atoms with E-state index in [1.54, 1.807) is 5.19 Å². The Balaban J connectivity index is 2.99. The number of hydrogen-bond donors (Lipinski definition) is 0. The van der Waals surface area contributed by atoms with E-state index < -0.39 is 8.07 Å². The summed E-state index contributed by atoms with van der Waals surface area (Å²) in [5.41, 5.74) is 0. The molecule has 0 saturated carbocycles. The highest BCUT2D eigenvalue weighted by Gasteiger charge is 2.32. The summed E-state index contributed by atoms with van der Waals surface area (Å²) in [6, 6.07) is 15.7. The summed E-state index contributed by atoms with van der Waals surface area (Å²) in [5.74, 6) is 0. The van der Waals surface area contributed by atoms with Gasteiger partial charge in [0.05, 0.1) is 8.07 Å². The maximum Gasteiger partial charge on any atom is 0.0889 e. The number of benzene rings is 1. The second kappa shape index (κ2) is 8.68. The van der Waals surface area contributed by atoms with Crippen LogP contribution < -0.4 is 5.19 Å². The molecule has 0 aromatic heterocycles. The molecule has 0 aliphatic carbocycles. The number of halogens is 3. The molecule has 0 unspecified atom stereocenters. The predicted octanol–water partition coefficient (Wildman–Crippen LogP) is 4.65. The second-order valence-corrected chi connectivity index (χ2v) is 11.8. The van der Waals surface area contributed by atoms with Gasteiger partial charge in [-0.3, -0.25) is 0 Å². The first kappa shape index (κ1) is 15.7. The molecule has 0 amide bonds. The highest BCUT2D eigenvalue weighted by molar-refractivity contribution is 14.1. The molecule has 0 atom stereocenters. The third-order valence-electron chi connectivity index (χ3n) is 3.11. The van der Waals surface area contributed by atoms with Gasteiger partial charge in [0.1, 0.15) is 0 Å². The highest BCUT2D eigenvalue weighted by Crippen LogP contribution is 2.24. The first-order valence-electron chi connectivity index (χ1n) is 5.52. The zero-order valence-corrected chi connectivity index (χ0v) is 16.7. The van der Waals surface area contributed by atoms with Gasteiger partial charge in [0, 0.05) is 0 Å². The molecule has 0 heterocycles. The number of hydrogen-bond acceptors (Lipinski definition) is 0. The Labute approximate surface area is 141 Å². The van der Waals surface area contributed by atoms with Gasteiger partial charge in [-0.25, -0.2) is 0 Å². The van der Waals surface area contributed by atoms with Crippen molar-refractivity contribution in [3.63, 3.8) is 0 Å². The zero-order valence-electron chi connectivity index (χ0n) is 9.26. The van der Waals surface area contributed by atoms with Crippen molar-refractivity contribution in [2.45, 2.75) is 18.1 Å². The van der Waals surface area contributed by atoms with Gasteiger partial charge < -0.3 is 0 Å². The molecular weight excluding hydrogens is 553 g/mol. The monoisotopic (exact) mass is 570 g/mol. The molecule has 0 bridgehead atoms. The van der Waals surface area contributed by atoms with Crippen LogP contribution in [-0.2, 0) is 0 Å². The molecule has 0 N–H and O–H groups in total. The lowest BCUT2D eigenvalue weighted by atomic mass is 10.4. The van der Waals surface area contributed by atoms with Gasteiger partial charge in [-0.15, -0.1) is 0 Å². The van der Waals surface area contributed by atoms with Gasteiger partial charge in [-0.1, -0.05) is 103 Å². The van der Waals surface area contributed by atoms with Crippen LogP contribution in [-0.4, -0.2) is 21.4 Å². The Morgan fingerprint density at radius 2 is 1.19 bits per heavy atom. The molecule has 4 heteroatoms. The number of rotatable bonds is 7. The van der Waals surface area contributed by atoms with Crippen LogP contribution in [0.3, 0.4) is 0 Å². The fourth-order valence-corrected chi connectivity index (χ4v) is 15.0. The van der Waals surface area contributed by atoms with Crippen LogP contribution in [0, 0.1) is 0 Å². The van der Waals surface area contributed by atoms with Crippen LogP contribution in [0.4, 0.5) is 0 Å². The van der Waals surface area contributed by atoms with Gasteiger partial charge in [-0.05, 0) is 31.4 Å². The van der Waals surface area contributed by atoms with Gasteiger partial charge in [0.15, 0.2) is 0 Å². The molecule has 0 saturated heterocycles. The standard InChI is InChI=1S/C12H17I3Si/c13-6-9-16(10-7-14,11-8-15)12-4-2-1-3-5-12/h1-5H,6-11H2. The fraction of sp³-hybridized carbons (Fsp3) is 0.500. The Kier molecular flexibility index (Phi) is 8.51. The molecule has 1 aromatic rings.